The van der Waals surface area contributed by atoms with E-state index in [0.717, 1.165) is 17.7 Å². The highest BCUT2D eigenvalue weighted by molar-refractivity contribution is 9.10. The van der Waals surface area contributed by atoms with Crippen molar-refractivity contribution in [2.45, 2.75) is 24.7 Å². The van der Waals surface area contributed by atoms with Crippen molar-refractivity contribution in [2.75, 3.05) is 23.3 Å². The van der Waals surface area contributed by atoms with Gasteiger partial charge in [0.25, 0.3) is 10.0 Å². The number of hydrogen-bond acceptors (Lipinski definition) is 4. The van der Waals surface area contributed by atoms with Crippen molar-refractivity contribution in [2.24, 2.45) is 0 Å². The SMILES string of the molecule is COc1ccc(S(=O)(=O)Nc2ccc(N3CCCC3=O)c(C)c2)cc1Br. The number of ether oxygens (including phenoxy) is 1. The van der Waals surface area contributed by atoms with E-state index in [1.807, 2.05) is 6.92 Å². The minimum Gasteiger partial charge on any atom is -0.496 e. The molecule has 1 fully saturated rings. The molecule has 8 heteroatoms. The molecule has 1 heterocycles. The molecule has 1 aliphatic heterocycles. The normalized spacial score (nSPS) is 14.6. The van der Waals surface area contributed by atoms with Gasteiger partial charge in [0.1, 0.15) is 5.75 Å². The second-order valence-corrected chi connectivity index (χ2v) is 8.59. The third-order valence-electron chi connectivity index (χ3n) is 4.25. The van der Waals surface area contributed by atoms with Crippen LogP contribution >= 0.6 is 15.9 Å². The Morgan fingerprint density at radius 3 is 2.54 bits per heavy atom. The van der Waals surface area contributed by atoms with E-state index in [9.17, 15) is 13.2 Å². The van der Waals surface area contributed by atoms with Crippen molar-refractivity contribution in [1.82, 2.24) is 0 Å². The fraction of sp³-hybridized carbons (Fsp3) is 0.278. The third-order valence-corrected chi connectivity index (χ3v) is 6.25. The smallest absolute Gasteiger partial charge is 0.261 e. The molecule has 2 aromatic carbocycles. The molecule has 6 nitrogen and oxygen atoms in total. The number of methoxy groups -OCH3 is 1. The van der Waals surface area contributed by atoms with Crippen LogP contribution in [0.5, 0.6) is 5.75 Å². The number of amides is 1. The second-order valence-electron chi connectivity index (χ2n) is 6.05. The van der Waals surface area contributed by atoms with E-state index in [0.29, 0.717) is 28.9 Å². The van der Waals surface area contributed by atoms with Gasteiger partial charge in [-0.2, -0.15) is 0 Å². The second kappa shape index (κ2) is 7.28. The molecule has 0 atom stereocenters. The molecule has 1 aliphatic rings. The zero-order valence-corrected chi connectivity index (χ0v) is 16.9. The van der Waals surface area contributed by atoms with Crippen LogP contribution in [0.2, 0.25) is 0 Å². The quantitative estimate of drug-likeness (QED) is 0.771. The van der Waals surface area contributed by atoms with Gasteiger partial charge in [0, 0.05) is 24.3 Å². The lowest BCUT2D eigenvalue weighted by atomic mass is 10.1. The van der Waals surface area contributed by atoms with E-state index >= 15 is 0 Å². The first-order valence-electron chi connectivity index (χ1n) is 8.09. The maximum absolute atomic E-state index is 12.6. The van der Waals surface area contributed by atoms with E-state index in [1.165, 1.54) is 19.2 Å². The number of carbonyl (C=O) groups is 1. The van der Waals surface area contributed by atoms with Crippen LogP contribution < -0.4 is 14.4 Å². The minimum atomic E-state index is -3.74. The molecule has 1 amide bonds. The van der Waals surface area contributed by atoms with Crippen molar-refractivity contribution < 1.29 is 17.9 Å². The number of halogens is 1. The molecule has 0 spiro atoms. The molecule has 0 radical (unpaired) electrons. The topological polar surface area (TPSA) is 75.7 Å². The summed E-state index contributed by atoms with van der Waals surface area (Å²) >= 11 is 3.29. The molecule has 0 aromatic heterocycles. The summed E-state index contributed by atoms with van der Waals surface area (Å²) in [7, 11) is -2.22. The molecule has 0 bridgehead atoms. The van der Waals surface area contributed by atoms with Gasteiger partial charge in [-0.25, -0.2) is 8.42 Å². The van der Waals surface area contributed by atoms with Gasteiger partial charge in [0.2, 0.25) is 5.91 Å². The lowest BCUT2D eigenvalue weighted by molar-refractivity contribution is -0.117. The van der Waals surface area contributed by atoms with Gasteiger partial charge >= 0.3 is 0 Å². The minimum absolute atomic E-state index is 0.101. The lowest BCUT2D eigenvalue weighted by Crippen LogP contribution is -2.24. The first-order valence-corrected chi connectivity index (χ1v) is 10.4. The molecule has 0 aliphatic carbocycles. The number of rotatable bonds is 5. The summed E-state index contributed by atoms with van der Waals surface area (Å²) in [4.78, 5) is 13.8. The van der Waals surface area contributed by atoms with Gasteiger partial charge in [-0.15, -0.1) is 0 Å². The number of anilines is 2. The summed E-state index contributed by atoms with van der Waals surface area (Å²) in [5.74, 6) is 0.656. The van der Waals surface area contributed by atoms with Gasteiger partial charge in [-0.3, -0.25) is 9.52 Å². The Morgan fingerprint density at radius 1 is 1.19 bits per heavy atom. The molecule has 26 heavy (non-hydrogen) atoms. The van der Waals surface area contributed by atoms with Crippen LogP contribution in [0.15, 0.2) is 45.8 Å². The fourth-order valence-electron chi connectivity index (χ4n) is 2.95. The number of nitrogens with one attached hydrogen (secondary N) is 1. The van der Waals surface area contributed by atoms with Gasteiger partial charge in [-0.1, -0.05) is 0 Å². The van der Waals surface area contributed by atoms with E-state index in [1.54, 1.807) is 29.2 Å². The Balaban J connectivity index is 1.85. The largest absolute Gasteiger partial charge is 0.496 e. The highest BCUT2D eigenvalue weighted by Crippen LogP contribution is 2.30. The first kappa shape index (κ1) is 18.7. The number of aryl methyl sites for hydroxylation is 1. The van der Waals surface area contributed by atoms with Crippen molar-refractivity contribution in [3.05, 3.63) is 46.4 Å². The summed E-state index contributed by atoms with van der Waals surface area (Å²) in [6.07, 6.45) is 1.40. The summed E-state index contributed by atoms with van der Waals surface area (Å²) in [6, 6.07) is 9.74. The maximum Gasteiger partial charge on any atom is 0.261 e. The van der Waals surface area contributed by atoms with Crippen LogP contribution in [0.1, 0.15) is 18.4 Å². The number of benzene rings is 2. The predicted molar refractivity (Wildman–Crippen MR) is 104 cm³/mol. The zero-order valence-electron chi connectivity index (χ0n) is 14.5. The summed E-state index contributed by atoms with van der Waals surface area (Å²) in [5, 5.41) is 0. The first-order chi connectivity index (χ1) is 12.3. The van der Waals surface area contributed by atoms with Crippen molar-refractivity contribution in [3.63, 3.8) is 0 Å². The fourth-order valence-corrected chi connectivity index (χ4v) is 4.72. The van der Waals surface area contributed by atoms with E-state index in [2.05, 4.69) is 20.7 Å². The average molecular weight is 439 g/mol. The Hall–Kier alpha value is -2.06. The van der Waals surface area contributed by atoms with Crippen LogP contribution in [0, 0.1) is 6.92 Å². The molecule has 1 saturated heterocycles. The van der Waals surface area contributed by atoms with Gasteiger partial charge < -0.3 is 9.64 Å². The van der Waals surface area contributed by atoms with Gasteiger partial charge in [-0.05, 0) is 71.2 Å². The summed E-state index contributed by atoms with van der Waals surface area (Å²) in [5.41, 5.74) is 2.11. The molecule has 1 N–H and O–H groups in total. The Kier molecular flexibility index (Phi) is 5.24. The van der Waals surface area contributed by atoms with Gasteiger partial charge in [0.05, 0.1) is 16.5 Å². The standard InChI is InChI=1S/C18H19BrN2O4S/c1-12-10-13(5-7-16(12)21-9-3-4-18(21)22)20-26(23,24)14-6-8-17(25-2)15(19)11-14/h5-8,10-11,20H,3-4,9H2,1-2H3. The highest BCUT2D eigenvalue weighted by Gasteiger charge is 2.23. The third kappa shape index (κ3) is 3.71. The van der Waals surface area contributed by atoms with E-state index in [4.69, 9.17) is 4.74 Å². The molecular weight excluding hydrogens is 420 g/mol. The Morgan fingerprint density at radius 2 is 1.96 bits per heavy atom. The predicted octanol–water partition coefficient (Wildman–Crippen LogP) is 3.69. The van der Waals surface area contributed by atoms with Crippen LogP contribution in [-0.2, 0) is 14.8 Å². The maximum atomic E-state index is 12.6. The summed E-state index contributed by atoms with van der Waals surface area (Å²) < 4.78 is 33.5. The molecular formula is C18H19BrN2O4S. The molecule has 3 rings (SSSR count). The summed E-state index contributed by atoms with van der Waals surface area (Å²) in [6.45, 7) is 2.56. The van der Waals surface area contributed by atoms with Crippen LogP contribution in [-0.4, -0.2) is 28.0 Å². The Bertz CT molecular complexity index is 960. The highest BCUT2D eigenvalue weighted by atomic mass is 79.9. The monoisotopic (exact) mass is 438 g/mol. The van der Waals surface area contributed by atoms with Crippen LogP contribution in [0.4, 0.5) is 11.4 Å². The average Bonchev–Trinajstić information content (AvgIpc) is 3.00. The van der Waals surface area contributed by atoms with Crippen molar-refractivity contribution in [3.8, 4) is 5.75 Å². The molecule has 0 saturated carbocycles. The number of nitrogens with zero attached hydrogens (tertiary/aromatic N) is 1. The number of carbonyl (C=O) groups excluding carboxylic acids is 1. The molecule has 0 unspecified atom stereocenters. The van der Waals surface area contributed by atoms with E-state index in [-0.39, 0.29) is 10.8 Å². The zero-order chi connectivity index (χ0) is 18.9. The number of sulfonamides is 1. The Labute approximate surface area is 161 Å². The molecule has 2 aromatic rings. The van der Waals surface area contributed by atoms with Gasteiger partial charge in [0.15, 0.2) is 0 Å². The lowest BCUT2D eigenvalue weighted by Gasteiger charge is -2.19. The van der Waals surface area contributed by atoms with Crippen molar-refractivity contribution in [1.29, 1.82) is 0 Å². The van der Waals surface area contributed by atoms with E-state index < -0.39 is 10.0 Å². The van der Waals surface area contributed by atoms with Crippen LogP contribution in [0.3, 0.4) is 0 Å². The number of hydrogen-bond donors (Lipinski definition) is 1. The van der Waals surface area contributed by atoms with Crippen molar-refractivity contribution >= 4 is 43.2 Å². The van der Waals surface area contributed by atoms with Crippen LogP contribution in [0.25, 0.3) is 0 Å². The molecule has 138 valence electrons.